The van der Waals surface area contributed by atoms with E-state index in [-0.39, 0.29) is 25.6 Å². The van der Waals surface area contributed by atoms with Crippen LogP contribution in [0, 0.1) is 0 Å². The number of ether oxygens (including phenoxy) is 2. The number of pyridine rings is 1. The number of nitrogens with one attached hydrogen (secondary N) is 1. The van der Waals surface area contributed by atoms with Crippen molar-refractivity contribution in [3.05, 3.63) is 60.2 Å². The SMILES string of the molecule is O=C(O)NS(=O)(=O)N1CCC(c2cnc(N3CCOCC3)c3nc(COc4ccc5ccccc5n4)cn23)CC1. The van der Waals surface area contributed by atoms with Gasteiger partial charge in [-0.05, 0) is 25.0 Å². The van der Waals surface area contributed by atoms with E-state index in [1.165, 1.54) is 0 Å². The zero-order valence-corrected chi connectivity index (χ0v) is 22.5. The highest BCUT2D eigenvalue weighted by atomic mass is 32.2. The molecule has 0 bridgehead atoms. The number of imidazole rings is 1. The van der Waals surface area contributed by atoms with Crippen LogP contribution in [0.4, 0.5) is 10.6 Å². The molecule has 2 fully saturated rings. The van der Waals surface area contributed by atoms with Crippen LogP contribution in [0.2, 0.25) is 0 Å². The van der Waals surface area contributed by atoms with E-state index in [0.29, 0.717) is 56.4 Å². The van der Waals surface area contributed by atoms with Crippen molar-refractivity contribution in [2.45, 2.75) is 25.4 Å². The minimum absolute atomic E-state index is 0.00939. The molecule has 4 aromatic rings. The Balaban J connectivity index is 1.26. The minimum Gasteiger partial charge on any atom is -0.471 e. The second kappa shape index (κ2) is 10.9. The van der Waals surface area contributed by atoms with Gasteiger partial charge in [0, 0.05) is 61.6 Å². The fourth-order valence-electron chi connectivity index (χ4n) is 5.24. The Bertz CT molecular complexity index is 1650. The van der Waals surface area contributed by atoms with Gasteiger partial charge in [0.25, 0.3) is 0 Å². The number of hydrogen-bond acceptors (Lipinski definition) is 9. The first-order valence-corrected chi connectivity index (χ1v) is 14.5. The molecule has 13 nitrogen and oxygen atoms in total. The number of carbonyl (C=O) groups is 1. The zero-order chi connectivity index (χ0) is 27.7. The van der Waals surface area contributed by atoms with Crippen molar-refractivity contribution in [3.8, 4) is 5.88 Å². The largest absolute Gasteiger partial charge is 0.471 e. The van der Waals surface area contributed by atoms with Crippen molar-refractivity contribution in [2.24, 2.45) is 0 Å². The van der Waals surface area contributed by atoms with Gasteiger partial charge in [-0.2, -0.15) is 12.7 Å². The van der Waals surface area contributed by atoms with Crippen molar-refractivity contribution in [1.82, 2.24) is 28.4 Å². The quantitative estimate of drug-likeness (QED) is 0.341. The lowest BCUT2D eigenvalue weighted by Crippen LogP contribution is -2.46. The van der Waals surface area contributed by atoms with Gasteiger partial charge in [-0.3, -0.25) is 4.40 Å². The van der Waals surface area contributed by atoms with Gasteiger partial charge in [0.2, 0.25) is 5.88 Å². The number of para-hydroxylation sites is 1. The number of benzene rings is 1. The maximum absolute atomic E-state index is 12.3. The molecule has 2 N–H and O–H groups in total. The highest BCUT2D eigenvalue weighted by Crippen LogP contribution is 2.32. The Kier molecular flexibility index (Phi) is 7.12. The second-order valence-electron chi connectivity index (χ2n) is 9.75. The van der Waals surface area contributed by atoms with Crippen LogP contribution < -0.4 is 14.4 Å². The molecule has 2 aliphatic heterocycles. The van der Waals surface area contributed by atoms with Crippen LogP contribution in [0.15, 0.2) is 48.8 Å². The molecule has 1 amide bonds. The summed E-state index contributed by atoms with van der Waals surface area (Å²) in [6, 6.07) is 11.6. The van der Waals surface area contributed by atoms with Gasteiger partial charge in [-0.25, -0.2) is 24.5 Å². The fourth-order valence-corrected chi connectivity index (χ4v) is 6.28. The van der Waals surface area contributed by atoms with Gasteiger partial charge in [-0.1, -0.05) is 18.2 Å². The van der Waals surface area contributed by atoms with Crippen molar-refractivity contribution in [2.75, 3.05) is 44.3 Å². The molecule has 0 saturated carbocycles. The van der Waals surface area contributed by atoms with E-state index < -0.39 is 16.3 Å². The summed E-state index contributed by atoms with van der Waals surface area (Å²) in [5.41, 5.74) is 3.18. The first-order valence-electron chi connectivity index (χ1n) is 13.1. The lowest BCUT2D eigenvalue weighted by molar-refractivity contribution is 0.122. The standard InChI is InChI=1S/C26H29N7O6S/c34-26(35)30-40(36,37)32-9-7-19(8-10-32)22-15-27-24(31-11-13-38-14-12-31)25-28-20(16-33(22)25)17-39-23-6-5-18-3-1-2-4-21(18)29-23/h1-6,15-16,19,30H,7-14,17H2,(H,34,35). The normalized spacial score (nSPS) is 17.4. The molecule has 5 heterocycles. The molecular weight excluding hydrogens is 538 g/mol. The van der Waals surface area contributed by atoms with Crippen LogP contribution in [-0.4, -0.2) is 82.7 Å². The molecule has 0 atom stereocenters. The Morgan fingerprint density at radius 3 is 2.62 bits per heavy atom. The topological polar surface area (TPSA) is 151 Å². The first-order chi connectivity index (χ1) is 19.4. The number of hydrogen-bond donors (Lipinski definition) is 2. The lowest BCUT2D eigenvalue weighted by atomic mass is 9.95. The molecule has 2 aliphatic rings. The number of morpholine rings is 1. The van der Waals surface area contributed by atoms with Crippen molar-refractivity contribution >= 4 is 38.7 Å². The van der Waals surface area contributed by atoms with E-state index in [1.807, 2.05) is 53.2 Å². The van der Waals surface area contributed by atoms with Crippen LogP contribution in [-0.2, 0) is 21.6 Å². The van der Waals surface area contributed by atoms with Gasteiger partial charge < -0.3 is 19.5 Å². The molecule has 2 saturated heterocycles. The number of fused-ring (bicyclic) bond motifs is 2. The Morgan fingerprint density at radius 2 is 1.85 bits per heavy atom. The molecular formula is C26H29N7O6S. The van der Waals surface area contributed by atoms with E-state index in [9.17, 15) is 13.2 Å². The summed E-state index contributed by atoms with van der Waals surface area (Å²) in [6.45, 7) is 3.22. The molecule has 3 aromatic heterocycles. The van der Waals surface area contributed by atoms with Crippen molar-refractivity contribution in [3.63, 3.8) is 0 Å². The van der Waals surface area contributed by atoms with E-state index >= 15 is 0 Å². The monoisotopic (exact) mass is 567 g/mol. The number of piperidine rings is 1. The molecule has 210 valence electrons. The van der Waals surface area contributed by atoms with E-state index in [1.54, 1.807) is 4.72 Å². The number of anilines is 1. The summed E-state index contributed by atoms with van der Waals surface area (Å²) >= 11 is 0. The highest BCUT2D eigenvalue weighted by molar-refractivity contribution is 7.87. The summed E-state index contributed by atoms with van der Waals surface area (Å²) in [4.78, 5) is 27.3. The molecule has 0 aliphatic carbocycles. The third-order valence-corrected chi connectivity index (χ3v) is 8.71. The minimum atomic E-state index is -4.09. The molecule has 1 aromatic carbocycles. The number of nitrogens with zero attached hydrogens (tertiary/aromatic N) is 6. The van der Waals surface area contributed by atoms with Crippen LogP contribution in [0.1, 0.15) is 30.1 Å². The number of rotatable bonds is 7. The molecule has 0 unspecified atom stereocenters. The predicted molar refractivity (Wildman–Crippen MR) is 146 cm³/mol. The van der Waals surface area contributed by atoms with Gasteiger partial charge in [0.1, 0.15) is 6.61 Å². The lowest BCUT2D eigenvalue weighted by Gasteiger charge is -2.32. The third kappa shape index (κ3) is 5.37. The zero-order valence-electron chi connectivity index (χ0n) is 21.6. The molecule has 40 heavy (non-hydrogen) atoms. The van der Waals surface area contributed by atoms with Crippen LogP contribution in [0.3, 0.4) is 0 Å². The predicted octanol–water partition coefficient (Wildman–Crippen LogP) is 2.38. The van der Waals surface area contributed by atoms with Crippen LogP contribution >= 0.6 is 0 Å². The van der Waals surface area contributed by atoms with Gasteiger partial charge in [-0.15, -0.1) is 0 Å². The fraction of sp³-hybridized carbons (Fsp3) is 0.385. The van der Waals surface area contributed by atoms with Crippen LogP contribution in [0.25, 0.3) is 16.6 Å². The Morgan fingerprint density at radius 1 is 1.07 bits per heavy atom. The number of carboxylic acid groups (broad SMARTS) is 1. The summed E-state index contributed by atoms with van der Waals surface area (Å²) < 4.78 is 40.9. The molecule has 6 rings (SSSR count). The van der Waals surface area contributed by atoms with Gasteiger partial charge in [0.15, 0.2) is 11.5 Å². The first kappa shape index (κ1) is 26.2. The highest BCUT2D eigenvalue weighted by Gasteiger charge is 2.31. The second-order valence-corrected chi connectivity index (χ2v) is 11.4. The van der Waals surface area contributed by atoms with Crippen molar-refractivity contribution in [1.29, 1.82) is 0 Å². The maximum atomic E-state index is 12.3. The molecule has 14 heteroatoms. The molecule has 0 radical (unpaired) electrons. The van der Waals surface area contributed by atoms with Gasteiger partial charge >= 0.3 is 16.3 Å². The third-order valence-electron chi connectivity index (χ3n) is 7.23. The summed E-state index contributed by atoms with van der Waals surface area (Å²) in [6.07, 6.45) is 3.20. The summed E-state index contributed by atoms with van der Waals surface area (Å²) in [5.74, 6) is 1.27. The van der Waals surface area contributed by atoms with Crippen LogP contribution in [0.5, 0.6) is 5.88 Å². The van der Waals surface area contributed by atoms with E-state index in [2.05, 4.69) is 9.88 Å². The number of amides is 1. The van der Waals surface area contributed by atoms with E-state index in [4.69, 9.17) is 24.5 Å². The maximum Gasteiger partial charge on any atom is 0.419 e. The Hall–Kier alpha value is -4.01. The summed E-state index contributed by atoms with van der Waals surface area (Å²) in [5, 5.41) is 9.90. The van der Waals surface area contributed by atoms with Crippen molar-refractivity contribution < 1.29 is 27.8 Å². The smallest absolute Gasteiger partial charge is 0.419 e. The van der Waals surface area contributed by atoms with Gasteiger partial charge in [0.05, 0.1) is 24.4 Å². The summed E-state index contributed by atoms with van der Waals surface area (Å²) in [7, 11) is -4.09. The molecule has 0 spiro atoms. The van der Waals surface area contributed by atoms with E-state index in [0.717, 1.165) is 26.7 Å². The number of aromatic nitrogens is 4. The average molecular weight is 568 g/mol. The average Bonchev–Trinajstić information content (AvgIpc) is 3.40. The Labute approximate surface area is 230 Å².